The molecule has 0 aliphatic heterocycles. The number of rotatable bonds is 4. The Morgan fingerprint density at radius 2 is 2.00 bits per heavy atom. The fraction of sp³-hybridized carbons (Fsp3) is 0.167. The average molecular weight is 359 g/mol. The first kappa shape index (κ1) is 18.3. The minimum atomic E-state index is -1.10. The Morgan fingerprint density at radius 1 is 1.28 bits per heavy atom. The second kappa shape index (κ2) is 7.69. The summed E-state index contributed by atoms with van der Waals surface area (Å²) in [5, 5.41) is 21.3. The summed E-state index contributed by atoms with van der Waals surface area (Å²) >= 11 is 5.90. The molecule has 1 atom stereocenters. The Morgan fingerprint density at radius 3 is 2.64 bits per heavy atom. The number of hydrogen-bond acceptors (Lipinski definition) is 5. The summed E-state index contributed by atoms with van der Waals surface area (Å²) in [6, 6.07) is 10.8. The summed E-state index contributed by atoms with van der Waals surface area (Å²) < 4.78 is 5.09. The largest absolute Gasteiger partial charge is 0.507 e. The highest BCUT2D eigenvalue weighted by atomic mass is 35.5. The van der Waals surface area contributed by atoms with Gasteiger partial charge in [-0.15, -0.1) is 0 Å². The molecule has 25 heavy (non-hydrogen) atoms. The van der Waals surface area contributed by atoms with Gasteiger partial charge in [-0.1, -0.05) is 23.2 Å². The van der Waals surface area contributed by atoms with E-state index in [1.165, 1.54) is 37.3 Å². The highest BCUT2D eigenvalue weighted by Crippen LogP contribution is 2.22. The first-order chi connectivity index (χ1) is 11.8. The third-order valence-corrected chi connectivity index (χ3v) is 3.69. The molecule has 2 rings (SSSR count). The molecule has 0 bridgehead atoms. The molecule has 0 radical (unpaired) electrons. The maximum Gasteiger partial charge on any atom is 0.342 e. The lowest BCUT2D eigenvalue weighted by molar-refractivity contribution is -0.123. The predicted octanol–water partition coefficient (Wildman–Crippen LogP) is 3.41. The first-order valence-corrected chi connectivity index (χ1v) is 7.70. The molecule has 2 aromatic rings. The van der Waals surface area contributed by atoms with Crippen LogP contribution in [0.1, 0.15) is 28.4 Å². The summed E-state index contributed by atoms with van der Waals surface area (Å²) in [6.07, 6.45) is -1.10. The molecule has 0 heterocycles. The second-order valence-corrected chi connectivity index (χ2v) is 5.77. The van der Waals surface area contributed by atoms with Crippen LogP contribution in [0.15, 0.2) is 36.4 Å². The van der Waals surface area contributed by atoms with E-state index in [-0.39, 0.29) is 21.9 Å². The summed E-state index contributed by atoms with van der Waals surface area (Å²) in [6.45, 7) is 3.17. The van der Waals surface area contributed by atoms with Gasteiger partial charge in [-0.25, -0.2) is 4.79 Å². The van der Waals surface area contributed by atoms with Gasteiger partial charge in [0.15, 0.2) is 6.10 Å². The summed E-state index contributed by atoms with van der Waals surface area (Å²) in [5.41, 5.74) is 1.42. The molecule has 2 aromatic carbocycles. The number of amides is 1. The van der Waals surface area contributed by atoms with Crippen molar-refractivity contribution in [2.24, 2.45) is 0 Å². The number of ether oxygens (including phenoxy) is 1. The molecular weight excluding hydrogens is 344 g/mol. The molecule has 0 aliphatic rings. The van der Waals surface area contributed by atoms with Crippen molar-refractivity contribution < 1.29 is 19.4 Å². The molecule has 0 saturated carbocycles. The Balaban J connectivity index is 2.05. The third-order valence-electron chi connectivity index (χ3n) is 3.38. The number of anilines is 1. The van der Waals surface area contributed by atoms with Gasteiger partial charge in [0.2, 0.25) is 0 Å². The smallest absolute Gasteiger partial charge is 0.342 e. The Hall–Kier alpha value is -3.04. The monoisotopic (exact) mass is 358 g/mol. The fourth-order valence-electron chi connectivity index (χ4n) is 2.02. The third kappa shape index (κ3) is 4.49. The molecule has 0 fully saturated rings. The van der Waals surface area contributed by atoms with Gasteiger partial charge in [-0.2, -0.15) is 5.26 Å². The number of aryl methyl sites for hydroxylation is 1. The predicted molar refractivity (Wildman–Crippen MR) is 92.5 cm³/mol. The summed E-state index contributed by atoms with van der Waals surface area (Å²) in [7, 11) is 0. The lowest BCUT2D eigenvalue weighted by Gasteiger charge is -2.14. The highest BCUT2D eigenvalue weighted by Gasteiger charge is 2.21. The van der Waals surface area contributed by atoms with Crippen LogP contribution >= 0.6 is 11.6 Å². The number of aromatic hydroxyl groups is 1. The number of nitrogens with one attached hydrogen (secondary N) is 1. The van der Waals surface area contributed by atoms with Crippen LogP contribution < -0.4 is 5.32 Å². The molecule has 2 N–H and O–H groups in total. The lowest BCUT2D eigenvalue weighted by Crippen LogP contribution is -2.30. The van der Waals surface area contributed by atoms with Crippen LogP contribution in [0.5, 0.6) is 5.75 Å². The number of nitriles is 1. The van der Waals surface area contributed by atoms with Gasteiger partial charge >= 0.3 is 5.97 Å². The minimum Gasteiger partial charge on any atom is -0.507 e. The van der Waals surface area contributed by atoms with Crippen LogP contribution in [0.2, 0.25) is 5.02 Å². The van der Waals surface area contributed by atoms with Crippen molar-refractivity contribution >= 4 is 29.2 Å². The standard InChI is InChI=1S/C18H15ClN2O4/c1-10-3-6-16(22)14(7-10)18(24)25-11(2)17(23)21-13-5-4-12(9-20)15(19)8-13/h3-8,11,22H,1-2H3,(H,21,23)/t11-/m0/s1. The van der Waals surface area contributed by atoms with E-state index in [0.717, 1.165) is 5.56 Å². The quantitative estimate of drug-likeness (QED) is 0.816. The van der Waals surface area contributed by atoms with Crippen molar-refractivity contribution in [3.8, 4) is 11.8 Å². The molecule has 128 valence electrons. The van der Waals surface area contributed by atoms with Crippen LogP contribution in [0, 0.1) is 18.3 Å². The van der Waals surface area contributed by atoms with Crippen LogP contribution in [-0.2, 0) is 9.53 Å². The van der Waals surface area contributed by atoms with Gasteiger partial charge in [-0.3, -0.25) is 4.79 Å². The zero-order chi connectivity index (χ0) is 18.6. The van der Waals surface area contributed by atoms with Gasteiger partial charge in [0.25, 0.3) is 5.91 Å². The number of phenols is 1. The van der Waals surface area contributed by atoms with E-state index in [2.05, 4.69) is 5.32 Å². The lowest BCUT2D eigenvalue weighted by atomic mass is 10.1. The van der Waals surface area contributed by atoms with Crippen molar-refractivity contribution in [1.29, 1.82) is 5.26 Å². The highest BCUT2D eigenvalue weighted by molar-refractivity contribution is 6.32. The van der Waals surface area contributed by atoms with Crippen molar-refractivity contribution in [3.63, 3.8) is 0 Å². The van der Waals surface area contributed by atoms with Crippen molar-refractivity contribution in [3.05, 3.63) is 58.1 Å². The SMILES string of the molecule is Cc1ccc(O)c(C(=O)O[C@@H](C)C(=O)Nc2ccc(C#N)c(Cl)c2)c1. The molecule has 6 nitrogen and oxygen atoms in total. The molecule has 0 aromatic heterocycles. The minimum absolute atomic E-state index is 0.0129. The molecule has 1 amide bonds. The molecule has 0 unspecified atom stereocenters. The molecule has 0 spiro atoms. The number of hydrogen-bond donors (Lipinski definition) is 2. The molecule has 0 aliphatic carbocycles. The van der Waals surface area contributed by atoms with Gasteiger partial charge in [0.05, 0.1) is 10.6 Å². The number of benzene rings is 2. The topological polar surface area (TPSA) is 99.4 Å². The number of esters is 1. The van der Waals surface area contributed by atoms with E-state index in [9.17, 15) is 14.7 Å². The number of phenolic OH excluding ortho intramolecular Hbond substituents is 1. The van der Waals surface area contributed by atoms with Gasteiger partial charge < -0.3 is 15.2 Å². The van der Waals surface area contributed by atoms with Crippen molar-refractivity contribution in [2.45, 2.75) is 20.0 Å². The number of carbonyl (C=O) groups is 2. The number of carbonyl (C=O) groups excluding carboxylic acids is 2. The fourth-order valence-corrected chi connectivity index (χ4v) is 2.24. The van der Waals surface area contributed by atoms with Crippen LogP contribution in [0.3, 0.4) is 0 Å². The van der Waals surface area contributed by atoms with Crippen LogP contribution in [0.25, 0.3) is 0 Å². The number of nitrogens with zero attached hydrogens (tertiary/aromatic N) is 1. The number of halogens is 1. The molecular formula is C18H15ClN2O4. The maximum absolute atomic E-state index is 12.1. The van der Waals surface area contributed by atoms with Crippen LogP contribution in [0.4, 0.5) is 5.69 Å². The van der Waals surface area contributed by atoms with Crippen LogP contribution in [-0.4, -0.2) is 23.1 Å². The Kier molecular flexibility index (Phi) is 5.63. The van der Waals surface area contributed by atoms with E-state index in [1.807, 2.05) is 6.07 Å². The van der Waals surface area contributed by atoms with Gasteiger partial charge in [0, 0.05) is 5.69 Å². The molecule has 7 heteroatoms. The zero-order valence-corrected chi connectivity index (χ0v) is 14.3. The van der Waals surface area contributed by atoms with E-state index in [0.29, 0.717) is 5.69 Å². The maximum atomic E-state index is 12.1. The van der Waals surface area contributed by atoms with E-state index < -0.39 is 18.0 Å². The van der Waals surface area contributed by atoms with E-state index in [1.54, 1.807) is 13.0 Å². The first-order valence-electron chi connectivity index (χ1n) is 7.33. The Bertz CT molecular complexity index is 874. The van der Waals surface area contributed by atoms with Crippen molar-refractivity contribution in [2.75, 3.05) is 5.32 Å². The Labute approximate surface area is 149 Å². The normalized spacial score (nSPS) is 11.3. The van der Waals surface area contributed by atoms with Gasteiger partial charge in [0.1, 0.15) is 17.4 Å². The zero-order valence-electron chi connectivity index (χ0n) is 13.5. The van der Waals surface area contributed by atoms with E-state index >= 15 is 0 Å². The van der Waals surface area contributed by atoms with Gasteiger partial charge in [-0.05, 0) is 44.2 Å². The van der Waals surface area contributed by atoms with E-state index in [4.69, 9.17) is 21.6 Å². The summed E-state index contributed by atoms with van der Waals surface area (Å²) in [4.78, 5) is 24.2. The second-order valence-electron chi connectivity index (χ2n) is 5.36. The summed E-state index contributed by atoms with van der Waals surface area (Å²) in [5.74, 6) is -1.59. The molecule has 0 saturated heterocycles. The van der Waals surface area contributed by atoms with Crippen molar-refractivity contribution in [1.82, 2.24) is 0 Å². The average Bonchev–Trinajstić information content (AvgIpc) is 2.57.